The minimum atomic E-state index is -3.37. The Balaban J connectivity index is 3.23. The molecule has 0 spiro atoms. The summed E-state index contributed by atoms with van der Waals surface area (Å²) in [5.41, 5.74) is 0.448. The molecule has 1 aromatic rings. The van der Waals surface area contributed by atoms with Crippen molar-refractivity contribution in [1.29, 1.82) is 0 Å². The van der Waals surface area contributed by atoms with Gasteiger partial charge in [-0.25, -0.2) is 8.42 Å². The molecule has 0 aliphatic rings. The monoisotopic (exact) mass is 271 g/mol. The molecule has 0 atom stereocenters. The first kappa shape index (κ1) is 14.5. The summed E-state index contributed by atoms with van der Waals surface area (Å²) in [4.78, 5) is 12.6. The van der Waals surface area contributed by atoms with E-state index in [0.717, 1.165) is 12.7 Å². The van der Waals surface area contributed by atoms with Crippen molar-refractivity contribution in [2.45, 2.75) is 18.2 Å². The van der Waals surface area contributed by atoms with Crippen LogP contribution in [0.1, 0.15) is 13.3 Å². The van der Waals surface area contributed by atoms with Gasteiger partial charge in [0.25, 0.3) is 0 Å². The van der Waals surface area contributed by atoms with Gasteiger partial charge in [-0.1, -0.05) is 19.1 Å². The smallest absolute Gasteiger partial charge is 0.323 e. The summed E-state index contributed by atoms with van der Waals surface area (Å²) in [5.74, 6) is -0.980. The van der Waals surface area contributed by atoms with E-state index >= 15 is 0 Å². The van der Waals surface area contributed by atoms with E-state index < -0.39 is 15.8 Å². The number of anilines is 1. The van der Waals surface area contributed by atoms with Gasteiger partial charge in [0.15, 0.2) is 9.84 Å². The van der Waals surface area contributed by atoms with Gasteiger partial charge >= 0.3 is 5.97 Å². The highest BCUT2D eigenvalue weighted by molar-refractivity contribution is 7.90. The van der Waals surface area contributed by atoms with E-state index in [-0.39, 0.29) is 11.4 Å². The predicted octanol–water partition coefficient (Wildman–Crippen LogP) is 1.39. The number of aliphatic carboxylic acids is 1. The second kappa shape index (κ2) is 5.86. The van der Waals surface area contributed by atoms with Crippen LogP contribution in [0.3, 0.4) is 0 Å². The first-order valence-corrected chi connectivity index (χ1v) is 7.51. The summed E-state index contributed by atoms with van der Waals surface area (Å²) in [6.07, 6.45) is 1.86. The van der Waals surface area contributed by atoms with E-state index in [4.69, 9.17) is 5.11 Å². The van der Waals surface area contributed by atoms with Crippen LogP contribution in [0, 0.1) is 0 Å². The van der Waals surface area contributed by atoms with Gasteiger partial charge in [-0.15, -0.1) is 0 Å². The first-order valence-electron chi connectivity index (χ1n) is 5.62. The van der Waals surface area contributed by atoms with Crippen LogP contribution < -0.4 is 4.90 Å². The summed E-state index contributed by atoms with van der Waals surface area (Å²) >= 11 is 0. The molecule has 0 aliphatic heterocycles. The number of nitrogens with zero attached hydrogens (tertiary/aromatic N) is 1. The summed E-state index contributed by atoms with van der Waals surface area (Å²) in [5, 5.41) is 8.87. The number of hydrogen-bond donors (Lipinski definition) is 1. The van der Waals surface area contributed by atoms with Crippen LogP contribution in [-0.4, -0.2) is 38.8 Å². The Morgan fingerprint density at radius 1 is 1.33 bits per heavy atom. The van der Waals surface area contributed by atoms with Crippen LogP contribution in [0.4, 0.5) is 5.69 Å². The molecule has 0 radical (unpaired) electrons. The molecule has 5 nitrogen and oxygen atoms in total. The molecule has 1 N–H and O–H groups in total. The van der Waals surface area contributed by atoms with Crippen LogP contribution in [0.15, 0.2) is 29.2 Å². The summed E-state index contributed by atoms with van der Waals surface area (Å²) in [6.45, 7) is 2.21. The Labute approximate surface area is 107 Å². The van der Waals surface area contributed by atoms with Gasteiger partial charge in [0.1, 0.15) is 6.54 Å². The number of sulfone groups is 1. The molecule has 0 saturated heterocycles. The summed E-state index contributed by atoms with van der Waals surface area (Å²) in [7, 11) is -3.37. The van der Waals surface area contributed by atoms with Crippen LogP contribution in [-0.2, 0) is 14.6 Å². The Morgan fingerprint density at radius 3 is 2.44 bits per heavy atom. The van der Waals surface area contributed by atoms with Crippen LogP contribution in [0.5, 0.6) is 0 Å². The van der Waals surface area contributed by atoms with Crippen molar-refractivity contribution in [3.63, 3.8) is 0 Å². The third-order valence-corrected chi connectivity index (χ3v) is 3.57. The topological polar surface area (TPSA) is 74.7 Å². The van der Waals surface area contributed by atoms with E-state index in [0.29, 0.717) is 12.2 Å². The molecule has 0 bridgehead atoms. The lowest BCUT2D eigenvalue weighted by molar-refractivity contribution is -0.135. The first-order chi connectivity index (χ1) is 8.36. The highest BCUT2D eigenvalue weighted by atomic mass is 32.2. The SMILES string of the molecule is CCCN(CC(=O)O)c1ccccc1S(C)(=O)=O. The van der Waals surface area contributed by atoms with Gasteiger partial charge in [0.05, 0.1) is 10.6 Å². The minimum absolute atomic E-state index is 0.166. The number of benzene rings is 1. The van der Waals surface area contributed by atoms with Gasteiger partial charge in [-0.2, -0.15) is 0 Å². The standard InChI is InChI=1S/C12H17NO4S/c1-3-8-13(9-12(14)15)10-6-4-5-7-11(10)18(2,16)17/h4-7H,3,8-9H2,1-2H3,(H,14,15). The fourth-order valence-electron chi connectivity index (χ4n) is 1.75. The second-order valence-corrected chi connectivity index (χ2v) is 6.04. The zero-order valence-electron chi connectivity index (χ0n) is 10.5. The predicted molar refractivity (Wildman–Crippen MR) is 69.7 cm³/mol. The molecule has 0 unspecified atom stereocenters. The van der Waals surface area contributed by atoms with Crippen molar-refractivity contribution in [3.05, 3.63) is 24.3 Å². The lowest BCUT2D eigenvalue weighted by Crippen LogP contribution is -2.31. The third kappa shape index (κ3) is 3.73. The second-order valence-electron chi connectivity index (χ2n) is 4.06. The normalized spacial score (nSPS) is 11.2. The molecule has 0 saturated carbocycles. The molecule has 0 fully saturated rings. The van der Waals surface area contributed by atoms with Crippen molar-refractivity contribution in [3.8, 4) is 0 Å². The molecular formula is C12H17NO4S. The maximum atomic E-state index is 11.7. The Hall–Kier alpha value is -1.56. The minimum Gasteiger partial charge on any atom is -0.480 e. The number of carboxylic acids is 1. The van der Waals surface area contributed by atoms with Crippen molar-refractivity contribution in [2.24, 2.45) is 0 Å². The summed E-state index contributed by atoms with van der Waals surface area (Å²) in [6, 6.07) is 6.46. The van der Waals surface area contributed by atoms with E-state index in [1.165, 1.54) is 6.07 Å². The van der Waals surface area contributed by atoms with E-state index in [1.807, 2.05) is 6.92 Å². The van der Waals surface area contributed by atoms with E-state index in [1.54, 1.807) is 23.1 Å². The number of rotatable bonds is 6. The number of para-hydroxylation sites is 1. The highest BCUT2D eigenvalue weighted by Gasteiger charge is 2.18. The fourth-order valence-corrected chi connectivity index (χ4v) is 2.65. The number of carbonyl (C=O) groups is 1. The molecule has 18 heavy (non-hydrogen) atoms. The van der Waals surface area contributed by atoms with Crippen LogP contribution in [0.25, 0.3) is 0 Å². The average molecular weight is 271 g/mol. The zero-order chi connectivity index (χ0) is 13.8. The lowest BCUT2D eigenvalue weighted by Gasteiger charge is -2.24. The van der Waals surface area contributed by atoms with Crippen molar-refractivity contribution >= 4 is 21.5 Å². The average Bonchev–Trinajstić information content (AvgIpc) is 2.27. The maximum absolute atomic E-state index is 11.7. The van der Waals surface area contributed by atoms with E-state index in [9.17, 15) is 13.2 Å². The molecule has 0 amide bonds. The molecule has 0 aromatic heterocycles. The van der Waals surface area contributed by atoms with Gasteiger partial charge in [0.2, 0.25) is 0 Å². The Bertz CT molecular complexity index is 525. The molecule has 1 rings (SSSR count). The summed E-state index contributed by atoms with van der Waals surface area (Å²) < 4.78 is 23.3. The fraction of sp³-hybridized carbons (Fsp3) is 0.417. The van der Waals surface area contributed by atoms with Crippen molar-refractivity contribution in [1.82, 2.24) is 0 Å². The largest absolute Gasteiger partial charge is 0.480 e. The highest BCUT2D eigenvalue weighted by Crippen LogP contribution is 2.24. The third-order valence-electron chi connectivity index (χ3n) is 2.43. The lowest BCUT2D eigenvalue weighted by atomic mass is 10.2. The number of hydrogen-bond acceptors (Lipinski definition) is 4. The molecule has 100 valence electrons. The zero-order valence-corrected chi connectivity index (χ0v) is 11.3. The van der Waals surface area contributed by atoms with Crippen LogP contribution >= 0.6 is 0 Å². The van der Waals surface area contributed by atoms with Gasteiger partial charge in [0, 0.05) is 12.8 Å². The molecular weight excluding hydrogens is 254 g/mol. The molecule has 0 aliphatic carbocycles. The van der Waals surface area contributed by atoms with E-state index in [2.05, 4.69) is 0 Å². The van der Waals surface area contributed by atoms with Crippen molar-refractivity contribution in [2.75, 3.05) is 24.2 Å². The molecule has 6 heteroatoms. The number of carboxylic acid groups (broad SMARTS) is 1. The Kier molecular flexibility index (Phi) is 4.72. The van der Waals surface area contributed by atoms with Crippen molar-refractivity contribution < 1.29 is 18.3 Å². The van der Waals surface area contributed by atoms with Crippen LogP contribution in [0.2, 0.25) is 0 Å². The van der Waals surface area contributed by atoms with Gasteiger partial charge in [-0.3, -0.25) is 4.79 Å². The quantitative estimate of drug-likeness (QED) is 0.846. The Morgan fingerprint density at radius 2 is 1.94 bits per heavy atom. The van der Waals surface area contributed by atoms with Gasteiger partial charge in [-0.05, 0) is 18.6 Å². The molecule has 0 heterocycles. The molecule has 1 aromatic carbocycles. The van der Waals surface area contributed by atoms with Gasteiger partial charge < -0.3 is 10.0 Å². The maximum Gasteiger partial charge on any atom is 0.323 e.